The molecule has 1 fully saturated rings. The monoisotopic (exact) mass is 196 g/mol. The molecule has 2 rings (SSSR count). The van der Waals surface area contributed by atoms with Gasteiger partial charge >= 0.3 is 0 Å². The number of aromatic nitrogens is 1. The number of nitrogens with zero attached hydrogens (tertiary/aromatic N) is 1. The van der Waals surface area contributed by atoms with Gasteiger partial charge in [-0.15, -0.1) is 0 Å². The van der Waals surface area contributed by atoms with Crippen molar-refractivity contribution in [2.24, 2.45) is 11.7 Å². The first-order chi connectivity index (χ1) is 6.88. The van der Waals surface area contributed by atoms with E-state index in [0.29, 0.717) is 12.5 Å². The van der Waals surface area contributed by atoms with Crippen LogP contribution in [0.5, 0.6) is 0 Å². The second kappa shape index (κ2) is 4.57. The van der Waals surface area contributed by atoms with Crippen molar-refractivity contribution < 1.29 is 9.15 Å². The molecule has 1 aliphatic rings. The average Bonchev–Trinajstić information content (AvgIpc) is 2.67. The molecule has 0 aliphatic carbocycles. The molecule has 0 amide bonds. The summed E-state index contributed by atoms with van der Waals surface area (Å²) in [5.41, 5.74) is 5.44. The standard InChI is InChI=1S/C10H16N2O2/c11-6-9-7-12-10(14-9)5-8-1-3-13-4-2-8/h7-8H,1-6,11H2. The second-order valence-electron chi connectivity index (χ2n) is 3.68. The number of oxazole rings is 1. The Balaban J connectivity index is 1.89. The zero-order valence-corrected chi connectivity index (χ0v) is 8.24. The van der Waals surface area contributed by atoms with E-state index in [-0.39, 0.29) is 0 Å². The highest BCUT2D eigenvalue weighted by Crippen LogP contribution is 2.19. The van der Waals surface area contributed by atoms with Crippen molar-refractivity contribution in [1.29, 1.82) is 0 Å². The third kappa shape index (κ3) is 2.33. The lowest BCUT2D eigenvalue weighted by molar-refractivity contribution is 0.0646. The van der Waals surface area contributed by atoms with E-state index in [1.54, 1.807) is 6.20 Å². The molecule has 0 saturated carbocycles. The molecule has 14 heavy (non-hydrogen) atoms. The van der Waals surface area contributed by atoms with Crippen LogP contribution in [0.3, 0.4) is 0 Å². The van der Waals surface area contributed by atoms with Crippen LogP contribution in [0.15, 0.2) is 10.6 Å². The van der Waals surface area contributed by atoms with Crippen molar-refractivity contribution in [2.45, 2.75) is 25.8 Å². The summed E-state index contributed by atoms with van der Waals surface area (Å²) >= 11 is 0. The van der Waals surface area contributed by atoms with Crippen LogP contribution in [0.1, 0.15) is 24.5 Å². The first-order valence-electron chi connectivity index (χ1n) is 5.10. The Labute approximate surface area is 83.4 Å². The fourth-order valence-electron chi connectivity index (χ4n) is 1.73. The molecule has 78 valence electrons. The minimum Gasteiger partial charge on any atom is -0.444 e. The minimum atomic E-state index is 0.431. The van der Waals surface area contributed by atoms with Gasteiger partial charge in [-0.05, 0) is 18.8 Å². The molecular formula is C10H16N2O2. The van der Waals surface area contributed by atoms with Crippen molar-refractivity contribution in [2.75, 3.05) is 13.2 Å². The molecule has 1 saturated heterocycles. The molecule has 1 aromatic rings. The van der Waals surface area contributed by atoms with E-state index in [4.69, 9.17) is 14.9 Å². The zero-order chi connectivity index (χ0) is 9.80. The van der Waals surface area contributed by atoms with Crippen LogP contribution in [0.2, 0.25) is 0 Å². The second-order valence-corrected chi connectivity index (χ2v) is 3.68. The molecule has 0 unspecified atom stereocenters. The third-order valence-corrected chi connectivity index (χ3v) is 2.61. The number of nitrogens with two attached hydrogens (primary N) is 1. The smallest absolute Gasteiger partial charge is 0.194 e. The highest BCUT2D eigenvalue weighted by Gasteiger charge is 2.16. The first-order valence-corrected chi connectivity index (χ1v) is 5.10. The highest BCUT2D eigenvalue weighted by molar-refractivity contribution is 4.94. The Bertz CT molecular complexity index is 279. The van der Waals surface area contributed by atoms with Crippen molar-refractivity contribution in [3.63, 3.8) is 0 Å². The Hall–Kier alpha value is -0.870. The van der Waals surface area contributed by atoms with Crippen molar-refractivity contribution in [3.05, 3.63) is 17.8 Å². The van der Waals surface area contributed by atoms with E-state index < -0.39 is 0 Å². The van der Waals surface area contributed by atoms with E-state index in [0.717, 1.165) is 44.1 Å². The van der Waals surface area contributed by atoms with E-state index in [9.17, 15) is 0 Å². The fraction of sp³-hybridized carbons (Fsp3) is 0.700. The third-order valence-electron chi connectivity index (χ3n) is 2.61. The Morgan fingerprint density at radius 2 is 2.21 bits per heavy atom. The normalized spacial score (nSPS) is 18.6. The van der Waals surface area contributed by atoms with Crippen LogP contribution < -0.4 is 5.73 Å². The number of hydrogen-bond acceptors (Lipinski definition) is 4. The number of hydrogen-bond donors (Lipinski definition) is 1. The molecule has 0 spiro atoms. The predicted molar refractivity (Wildman–Crippen MR) is 51.6 cm³/mol. The molecule has 1 aliphatic heterocycles. The van der Waals surface area contributed by atoms with Crippen LogP contribution in [-0.4, -0.2) is 18.2 Å². The summed E-state index contributed by atoms with van der Waals surface area (Å²) in [6.07, 6.45) is 4.86. The van der Waals surface area contributed by atoms with E-state index in [2.05, 4.69) is 4.98 Å². The molecule has 0 atom stereocenters. The summed E-state index contributed by atoms with van der Waals surface area (Å²) in [5.74, 6) is 2.25. The summed E-state index contributed by atoms with van der Waals surface area (Å²) < 4.78 is 10.8. The zero-order valence-electron chi connectivity index (χ0n) is 8.24. The summed E-state index contributed by atoms with van der Waals surface area (Å²) in [6, 6.07) is 0. The molecule has 4 nitrogen and oxygen atoms in total. The molecule has 2 heterocycles. The van der Waals surface area contributed by atoms with E-state index >= 15 is 0 Å². The average molecular weight is 196 g/mol. The van der Waals surface area contributed by atoms with Gasteiger partial charge in [-0.2, -0.15) is 0 Å². The Morgan fingerprint density at radius 1 is 1.43 bits per heavy atom. The number of ether oxygens (including phenoxy) is 1. The Kier molecular flexibility index (Phi) is 3.16. The van der Waals surface area contributed by atoms with Crippen LogP contribution in [0, 0.1) is 5.92 Å². The molecule has 0 aromatic carbocycles. The molecular weight excluding hydrogens is 180 g/mol. The summed E-state index contributed by atoms with van der Waals surface area (Å²) in [7, 11) is 0. The lowest BCUT2D eigenvalue weighted by Crippen LogP contribution is -2.17. The molecule has 0 bridgehead atoms. The van der Waals surface area contributed by atoms with Crippen LogP contribution in [-0.2, 0) is 17.7 Å². The summed E-state index contributed by atoms with van der Waals surface area (Å²) in [6.45, 7) is 2.17. The maximum atomic E-state index is 5.46. The van der Waals surface area contributed by atoms with Gasteiger partial charge in [0.2, 0.25) is 0 Å². The maximum Gasteiger partial charge on any atom is 0.194 e. The largest absolute Gasteiger partial charge is 0.444 e. The topological polar surface area (TPSA) is 61.3 Å². The van der Waals surface area contributed by atoms with Crippen molar-refractivity contribution in [1.82, 2.24) is 4.98 Å². The highest BCUT2D eigenvalue weighted by atomic mass is 16.5. The number of rotatable bonds is 3. The van der Waals surface area contributed by atoms with Crippen molar-refractivity contribution in [3.8, 4) is 0 Å². The van der Waals surface area contributed by atoms with Crippen LogP contribution >= 0.6 is 0 Å². The van der Waals surface area contributed by atoms with Gasteiger partial charge in [0.25, 0.3) is 0 Å². The quantitative estimate of drug-likeness (QED) is 0.786. The molecule has 1 aromatic heterocycles. The Morgan fingerprint density at radius 3 is 2.86 bits per heavy atom. The van der Waals surface area contributed by atoms with E-state index in [1.165, 1.54) is 0 Å². The SMILES string of the molecule is NCc1cnc(CC2CCOCC2)o1. The van der Waals surface area contributed by atoms with Gasteiger partial charge in [0, 0.05) is 19.6 Å². The van der Waals surface area contributed by atoms with Gasteiger partial charge in [-0.1, -0.05) is 0 Å². The minimum absolute atomic E-state index is 0.431. The molecule has 2 N–H and O–H groups in total. The van der Waals surface area contributed by atoms with Gasteiger partial charge in [-0.3, -0.25) is 0 Å². The van der Waals surface area contributed by atoms with Gasteiger partial charge < -0.3 is 14.9 Å². The summed E-state index contributed by atoms with van der Waals surface area (Å²) in [5, 5.41) is 0. The summed E-state index contributed by atoms with van der Waals surface area (Å²) in [4.78, 5) is 4.19. The fourth-order valence-corrected chi connectivity index (χ4v) is 1.73. The van der Waals surface area contributed by atoms with Crippen molar-refractivity contribution >= 4 is 0 Å². The van der Waals surface area contributed by atoms with Gasteiger partial charge in [0.05, 0.1) is 12.7 Å². The lowest BCUT2D eigenvalue weighted by Gasteiger charge is -2.20. The van der Waals surface area contributed by atoms with E-state index in [1.807, 2.05) is 0 Å². The maximum absolute atomic E-state index is 5.46. The first kappa shape index (κ1) is 9.68. The predicted octanol–water partition coefficient (Wildman–Crippen LogP) is 1.10. The van der Waals surface area contributed by atoms with Crippen LogP contribution in [0.4, 0.5) is 0 Å². The van der Waals surface area contributed by atoms with Gasteiger partial charge in [0.15, 0.2) is 5.89 Å². The lowest BCUT2D eigenvalue weighted by atomic mass is 9.97. The molecule has 4 heteroatoms. The van der Waals surface area contributed by atoms with Gasteiger partial charge in [0.1, 0.15) is 5.76 Å². The van der Waals surface area contributed by atoms with Crippen LogP contribution in [0.25, 0.3) is 0 Å². The molecule has 0 radical (unpaired) electrons. The van der Waals surface area contributed by atoms with Gasteiger partial charge in [-0.25, -0.2) is 4.98 Å².